The summed E-state index contributed by atoms with van der Waals surface area (Å²) < 4.78 is 11.2. The highest BCUT2D eigenvalue weighted by molar-refractivity contribution is 5.41. The molecule has 0 unspecified atom stereocenters. The first-order valence-corrected chi connectivity index (χ1v) is 6.59. The molecule has 0 heterocycles. The van der Waals surface area contributed by atoms with Gasteiger partial charge in [0.1, 0.15) is 24.7 Å². The van der Waals surface area contributed by atoms with E-state index in [1.54, 1.807) is 12.1 Å². The van der Waals surface area contributed by atoms with Crippen molar-refractivity contribution in [3.05, 3.63) is 54.1 Å². The van der Waals surface area contributed by atoms with Crippen LogP contribution in [-0.2, 0) is 6.42 Å². The molecule has 3 N–H and O–H groups in total. The molecule has 0 atom stereocenters. The molecule has 2 rings (SSSR count). The molecule has 2 aromatic carbocycles. The van der Waals surface area contributed by atoms with Gasteiger partial charge in [-0.05, 0) is 42.3 Å². The Kier molecular flexibility index (Phi) is 5.26. The summed E-state index contributed by atoms with van der Waals surface area (Å²) in [6.07, 6.45) is 0.592. The molecule has 4 nitrogen and oxygen atoms in total. The van der Waals surface area contributed by atoms with Gasteiger partial charge in [-0.15, -0.1) is 0 Å². The van der Waals surface area contributed by atoms with Gasteiger partial charge >= 0.3 is 0 Å². The standard InChI is InChI=1S/C16H19NO3/c17-14-5-7-15(8-6-14)19-11-12-20-16-4-2-1-3-13(16)9-10-18/h1-8,18H,9-12,17H2. The van der Waals surface area contributed by atoms with Gasteiger partial charge in [-0.1, -0.05) is 18.2 Å². The van der Waals surface area contributed by atoms with Crippen molar-refractivity contribution in [3.63, 3.8) is 0 Å². The second kappa shape index (κ2) is 7.40. The van der Waals surface area contributed by atoms with Gasteiger partial charge in [0.2, 0.25) is 0 Å². The SMILES string of the molecule is Nc1ccc(OCCOc2ccccc2CCO)cc1. The second-order valence-corrected chi connectivity index (χ2v) is 4.35. The van der Waals surface area contributed by atoms with Gasteiger partial charge in [0, 0.05) is 12.3 Å². The molecular weight excluding hydrogens is 254 g/mol. The molecule has 0 fully saturated rings. The first-order chi connectivity index (χ1) is 9.79. The fourth-order valence-corrected chi connectivity index (χ4v) is 1.85. The quantitative estimate of drug-likeness (QED) is 0.600. The van der Waals surface area contributed by atoms with Gasteiger partial charge in [-0.2, -0.15) is 0 Å². The number of rotatable bonds is 7. The zero-order valence-corrected chi connectivity index (χ0v) is 11.3. The Morgan fingerprint density at radius 3 is 2.35 bits per heavy atom. The molecule has 0 saturated heterocycles. The van der Waals surface area contributed by atoms with Crippen LogP contribution >= 0.6 is 0 Å². The smallest absolute Gasteiger partial charge is 0.122 e. The molecule has 0 aromatic heterocycles. The molecule has 0 aliphatic rings. The predicted octanol–water partition coefficient (Wildman–Crippen LogP) is 2.26. The van der Waals surface area contributed by atoms with E-state index in [9.17, 15) is 0 Å². The highest BCUT2D eigenvalue weighted by Crippen LogP contribution is 2.18. The Labute approximate surface area is 118 Å². The lowest BCUT2D eigenvalue weighted by atomic mass is 10.1. The van der Waals surface area contributed by atoms with Crippen molar-refractivity contribution in [2.24, 2.45) is 0 Å². The Bertz CT molecular complexity index is 526. The summed E-state index contributed by atoms with van der Waals surface area (Å²) in [7, 11) is 0. The van der Waals surface area contributed by atoms with Crippen LogP contribution in [0.3, 0.4) is 0 Å². The largest absolute Gasteiger partial charge is 0.490 e. The highest BCUT2D eigenvalue weighted by atomic mass is 16.5. The molecule has 106 valence electrons. The normalized spacial score (nSPS) is 10.2. The summed E-state index contributed by atoms with van der Waals surface area (Å²) in [5.41, 5.74) is 7.32. The third kappa shape index (κ3) is 4.17. The van der Waals surface area contributed by atoms with E-state index in [1.165, 1.54) is 0 Å². The van der Waals surface area contributed by atoms with Gasteiger partial charge in [0.05, 0.1) is 0 Å². The molecule has 0 bridgehead atoms. The summed E-state index contributed by atoms with van der Waals surface area (Å²) in [5.74, 6) is 1.56. The molecule has 20 heavy (non-hydrogen) atoms. The minimum absolute atomic E-state index is 0.113. The van der Waals surface area contributed by atoms with E-state index in [1.807, 2.05) is 36.4 Å². The van der Waals surface area contributed by atoms with Crippen molar-refractivity contribution in [1.82, 2.24) is 0 Å². The maximum absolute atomic E-state index is 9.00. The van der Waals surface area contributed by atoms with E-state index in [4.69, 9.17) is 20.3 Å². The van der Waals surface area contributed by atoms with Crippen LogP contribution in [0.4, 0.5) is 5.69 Å². The second-order valence-electron chi connectivity index (χ2n) is 4.35. The first-order valence-electron chi connectivity index (χ1n) is 6.59. The van der Waals surface area contributed by atoms with E-state index < -0.39 is 0 Å². The maximum Gasteiger partial charge on any atom is 0.122 e. The lowest BCUT2D eigenvalue weighted by molar-refractivity contribution is 0.214. The van der Waals surface area contributed by atoms with Crippen LogP contribution in [0.2, 0.25) is 0 Å². The summed E-state index contributed by atoms with van der Waals surface area (Å²) in [4.78, 5) is 0. The maximum atomic E-state index is 9.00. The van der Waals surface area contributed by atoms with Crippen molar-refractivity contribution in [2.75, 3.05) is 25.6 Å². The average molecular weight is 273 g/mol. The number of anilines is 1. The van der Waals surface area contributed by atoms with Gasteiger partial charge in [0.25, 0.3) is 0 Å². The van der Waals surface area contributed by atoms with Gasteiger partial charge in [0.15, 0.2) is 0 Å². The van der Waals surface area contributed by atoms with Crippen LogP contribution < -0.4 is 15.2 Å². The topological polar surface area (TPSA) is 64.7 Å². The summed E-state index contributed by atoms with van der Waals surface area (Å²) in [6.45, 7) is 1.02. The molecule has 0 radical (unpaired) electrons. The number of para-hydroxylation sites is 1. The molecule has 0 aliphatic carbocycles. The third-order valence-electron chi connectivity index (χ3n) is 2.84. The molecule has 0 saturated carbocycles. The predicted molar refractivity (Wildman–Crippen MR) is 79.1 cm³/mol. The van der Waals surface area contributed by atoms with E-state index in [0.29, 0.717) is 25.3 Å². The summed E-state index contributed by atoms with van der Waals surface area (Å²) in [6, 6.07) is 14.9. The number of aliphatic hydroxyl groups excluding tert-OH is 1. The van der Waals surface area contributed by atoms with Gasteiger partial charge < -0.3 is 20.3 Å². The van der Waals surface area contributed by atoms with E-state index in [-0.39, 0.29) is 6.61 Å². The lowest BCUT2D eigenvalue weighted by Gasteiger charge is -2.11. The molecule has 0 spiro atoms. The monoisotopic (exact) mass is 273 g/mol. The first kappa shape index (κ1) is 14.2. The minimum Gasteiger partial charge on any atom is -0.490 e. The fraction of sp³-hybridized carbons (Fsp3) is 0.250. The highest BCUT2D eigenvalue weighted by Gasteiger charge is 2.02. The van der Waals surface area contributed by atoms with Crippen LogP contribution in [0, 0.1) is 0 Å². The molecule has 0 aliphatic heterocycles. The van der Waals surface area contributed by atoms with Crippen molar-refractivity contribution in [2.45, 2.75) is 6.42 Å². The molecule has 0 amide bonds. The van der Waals surface area contributed by atoms with E-state index >= 15 is 0 Å². The van der Waals surface area contributed by atoms with Crippen LogP contribution in [0.25, 0.3) is 0 Å². The van der Waals surface area contributed by atoms with Crippen LogP contribution in [-0.4, -0.2) is 24.9 Å². The van der Waals surface area contributed by atoms with Crippen LogP contribution in [0.5, 0.6) is 11.5 Å². The van der Waals surface area contributed by atoms with E-state index in [2.05, 4.69) is 0 Å². The van der Waals surface area contributed by atoms with Crippen LogP contribution in [0.1, 0.15) is 5.56 Å². The Balaban J connectivity index is 1.79. The van der Waals surface area contributed by atoms with Crippen molar-refractivity contribution >= 4 is 5.69 Å². The van der Waals surface area contributed by atoms with Crippen LogP contribution in [0.15, 0.2) is 48.5 Å². The van der Waals surface area contributed by atoms with Crippen molar-refractivity contribution in [3.8, 4) is 11.5 Å². The third-order valence-corrected chi connectivity index (χ3v) is 2.84. The van der Waals surface area contributed by atoms with Crippen molar-refractivity contribution in [1.29, 1.82) is 0 Å². The summed E-state index contributed by atoms with van der Waals surface area (Å²) >= 11 is 0. The zero-order chi connectivity index (χ0) is 14.2. The molecular formula is C16H19NO3. The number of hydrogen-bond acceptors (Lipinski definition) is 4. The number of aliphatic hydroxyl groups is 1. The minimum atomic E-state index is 0.113. The summed E-state index contributed by atoms with van der Waals surface area (Å²) in [5, 5.41) is 9.00. The number of nitrogens with two attached hydrogens (primary N) is 1. The molecule has 2 aromatic rings. The average Bonchev–Trinajstić information content (AvgIpc) is 2.47. The number of nitrogen functional groups attached to an aromatic ring is 1. The number of benzene rings is 2. The molecule has 4 heteroatoms. The fourth-order valence-electron chi connectivity index (χ4n) is 1.85. The Hall–Kier alpha value is -2.20. The van der Waals surface area contributed by atoms with Gasteiger partial charge in [-0.25, -0.2) is 0 Å². The van der Waals surface area contributed by atoms with Gasteiger partial charge in [-0.3, -0.25) is 0 Å². The lowest BCUT2D eigenvalue weighted by Crippen LogP contribution is -2.10. The zero-order valence-electron chi connectivity index (χ0n) is 11.3. The van der Waals surface area contributed by atoms with E-state index in [0.717, 1.165) is 17.1 Å². The number of hydrogen-bond donors (Lipinski definition) is 2. The van der Waals surface area contributed by atoms with Crippen molar-refractivity contribution < 1.29 is 14.6 Å². The number of ether oxygens (including phenoxy) is 2. The Morgan fingerprint density at radius 2 is 1.60 bits per heavy atom. The Morgan fingerprint density at radius 1 is 0.900 bits per heavy atom.